The van der Waals surface area contributed by atoms with Crippen molar-refractivity contribution in [3.63, 3.8) is 0 Å². The van der Waals surface area contributed by atoms with Gasteiger partial charge in [-0.1, -0.05) is 12.1 Å². The minimum Gasteiger partial charge on any atom is -0.497 e. The van der Waals surface area contributed by atoms with E-state index in [9.17, 15) is 14.4 Å². The van der Waals surface area contributed by atoms with Gasteiger partial charge in [0.05, 0.1) is 12.7 Å². The lowest BCUT2D eigenvalue weighted by Crippen LogP contribution is -2.40. The summed E-state index contributed by atoms with van der Waals surface area (Å²) in [5.41, 5.74) is 0.583. The number of carbonyl (C=O) groups excluding carboxylic acids is 2. The molecule has 0 radical (unpaired) electrons. The van der Waals surface area contributed by atoms with E-state index in [1.807, 2.05) is 24.3 Å². The van der Waals surface area contributed by atoms with Gasteiger partial charge in [-0.15, -0.1) is 0 Å². The Morgan fingerprint density at radius 3 is 2.74 bits per heavy atom. The molecule has 1 saturated carbocycles. The van der Waals surface area contributed by atoms with Gasteiger partial charge in [-0.3, -0.25) is 14.4 Å². The zero-order valence-electron chi connectivity index (χ0n) is 15.5. The number of hydrogen-bond donors (Lipinski definition) is 2. The smallest absolute Gasteiger partial charge is 0.260 e. The molecule has 0 aliphatic heterocycles. The van der Waals surface area contributed by atoms with Crippen molar-refractivity contribution in [3.8, 4) is 5.75 Å². The number of carbonyl (C=O) groups is 2. The first kappa shape index (κ1) is 18.7. The Hall–Kier alpha value is -3.09. The molecule has 1 heterocycles. The molecule has 7 heteroatoms. The Bertz CT molecular complexity index is 902. The Morgan fingerprint density at radius 1 is 1.30 bits per heavy atom. The van der Waals surface area contributed by atoms with E-state index in [0.717, 1.165) is 24.8 Å². The first-order valence-electron chi connectivity index (χ1n) is 8.90. The molecule has 3 rings (SSSR count). The number of H-pyrrole nitrogens is 1. The topological polar surface area (TPSA) is 91.5 Å². The second-order valence-electron chi connectivity index (χ2n) is 6.75. The van der Waals surface area contributed by atoms with Crippen LogP contribution < -0.4 is 15.6 Å². The Kier molecular flexibility index (Phi) is 5.59. The summed E-state index contributed by atoms with van der Waals surface area (Å²) >= 11 is 0. The highest BCUT2D eigenvalue weighted by Crippen LogP contribution is 2.19. The second kappa shape index (κ2) is 8.07. The largest absolute Gasteiger partial charge is 0.497 e. The Balaban J connectivity index is 1.75. The molecule has 7 nitrogen and oxygen atoms in total. The number of aromatic nitrogens is 1. The average Bonchev–Trinajstić information content (AvgIpc) is 2.64. The number of methoxy groups -OCH3 is 1. The number of rotatable bonds is 6. The summed E-state index contributed by atoms with van der Waals surface area (Å²) in [4.78, 5) is 41.1. The third-order valence-electron chi connectivity index (χ3n) is 4.74. The van der Waals surface area contributed by atoms with Crippen LogP contribution in [-0.2, 0) is 6.54 Å². The fraction of sp³-hybridized carbons (Fsp3) is 0.350. The van der Waals surface area contributed by atoms with Crippen LogP contribution in [0.1, 0.15) is 45.5 Å². The molecule has 0 atom stereocenters. The molecule has 1 aromatic carbocycles. The number of ether oxygens (including phenoxy) is 1. The van der Waals surface area contributed by atoms with E-state index in [1.54, 1.807) is 14.2 Å². The van der Waals surface area contributed by atoms with Crippen LogP contribution in [0.4, 0.5) is 0 Å². The zero-order valence-corrected chi connectivity index (χ0v) is 15.5. The number of nitrogens with one attached hydrogen (secondary N) is 2. The molecule has 1 fully saturated rings. The van der Waals surface area contributed by atoms with Crippen LogP contribution in [0.2, 0.25) is 0 Å². The predicted octanol–water partition coefficient (Wildman–Crippen LogP) is 1.94. The van der Waals surface area contributed by atoms with E-state index >= 15 is 0 Å². The van der Waals surface area contributed by atoms with Gasteiger partial charge in [-0.05, 0) is 43.0 Å². The lowest BCUT2D eigenvalue weighted by Gasteiger charge is -2.26. The van der Waals surface area contributed by atoms with Gasteiger partial charge >= 0.3 is 0 Å². The molecular formula is C20H23N3O4. The molecule has 2 amide bonds. The van der Waals surface area contributed by atoms with Gasteiger partial charge in [-0.25, -0.2) is 0 Å². The normalized spacial score (nSPS) is 13.6. The lowest BCUT2D eigenvalue weighted by molar-refractivity contribution is 0.0783. The van der Waals surface area contributed by atoms with Gasteiger partial charge in [0.2, 0.25) is 0 Å². The van der Waals surface area contributed by atoms with Crippen molar-refractivity contribution in [1.82, 2.24) is 15.2 Å². The molecule has 142 valence electrons. The van der Waals surface area contributed by atoms with Crippen molar-refractivity contribution in [2.75, 3.05) is 14.2 Å². The maximum atomic E-state index is 12.7. The first-order chi connectivity index (χ1) is 13.0. The summed E-state index contributed by atoms with van der Waals surface area (Å²) < 4.78 is 5.19. The molecule has 2 aromatic rings. The van der Waals surface area contributed by atoms with Gasteiger partial charge in [-0.2, -0.15) is 0 Å². The van der Waals surface area contributed by atoms with Crippen LogP contribution in [0.5, 0.6) is 5.75 Å². The van der Waals surface area contributed by atoms with Crippen LogP contribution >= 0.6 is 0 Å². The molecule has 2 N–H and O–H groups in total. The number of benzene rings is 1. The highest BCUT2D eigenvalue weighted by molar-refractivity contribution is 5.99. The molecule has 0 spiro atoms. The van der Waals surface area contributed by atoms with E-state index in [-0.39, 0.29) is 23.1 Å². The molecule has 1 aliphatic carbocycles. The van der Waals surface area contributed by atoms with Crippen LogP contribution in [0, 0.1) is 0 Å². The molecule has 27 heavy (non-hydrogen) atoms. The number of hydrogen-bond acceptors (Lipinski definition) is 4. The number of pyridine rings is 1. The standard InChI is InChI=1S/C20H23N3O4/c1-23(12-13-5-3-8-16(9-13)27-2)20(26)17-10-14(11-21-19(17)25)18(24)22-15-6-4-7-15/h3,5,8-11,15H,4,6-7,12H2,1-2H3,(H,21,25)(H,22,24). The average molecular weight is 369 g/mol. The molecule has 0 bridgehead atoms. The lowest BCUT2D eigenvalue weighted by atomic mass is 9.93. The van der Waals surface area contributed by atoms with Gasteiger partial charge in [0.1, 0.15) is 11.3 Å². The van der Waals surface area contributed by atoms with Gasteiger partial charge in [0.15, 0.2) is 0 Å². The number of amides is 2. The number of nitrogens with zero attached hydrogens (tertiary/aromatic N) is 1. The fourth-order valence-electron chi connectivity index (χ4n) is 2.92. The Morgan fingerprint density at radius 2 is 2.07 bits per heavy atom. The summed E-state index contributed by atoms with van der Waals surface area (Å²) in [6, 6.07) is 8.90. The van der Waals surface area contributed by atoms with E-state index in [1.165, 1.54) is 17.2 Å². The SMILES string of the molecule is COc1cccc(CN(C)C(=O)c2cc(C(=O)NC3CCC3)c[nH]c2=O)c1. The van der Waals surface area contributed by atoms with E-state index in [0.29, 0.717) is 12.3 Å². The van der Waals surface area contributed by atoms with Crippen LogP contribution in [0.15, 0.2) is 41.3 Å². The van der Waals surface area contributed by atoms with Gasteiger partial charge in [0.25, 0.3) is 17.4 Å². The summed E-state index contributed by atoms with van der Waals surface area (Å²) in [5, 5.41) is 2.90. The third-order valence-corrected chi connectivity index (χ3v) is 4.74. The monoisotopic (exact) mass is 369 g/mol. The van der Waals surface area contributed by atoms with Crippen molar-refractivity contribution in [2.45, 2.75) is 31.8 Å². The molecule has 1 aliphatic rings. The van der Waals surface area contributed by atoms with Crippen molar-refractivity contribution >= 4 is 11.8 Å². The van der Waals surface area contributed by atoms with Crippen molar-refractivity contribution in [2.24, 2.45) is 0 Å². The van der Waals surface area contributed by atoms with Gasteiger partial charge < -0.3 is 19.9 Å². The third kappa shape index (κ3) is 4.36. The van der Waals surface area contributed by atoms with E-state index < -0.39 is 11.5 Å². The van der Waals surface area contributed by atoms with Crippen molar-refractivity contribution in [1.29, 1.82) is 0 Å². The zero-order chi connectivity index (χ0) is 19.4. The summed E-state index contributed by atoms with van der Waals surface area (Å²) in [6.45, 7) is 0.313. The van der Waals surface area contributed by atoms with Crippen molar-refractivity contribution < 1.29 is 14.3 Å². The quantitative estimate of drug-likeness (QED) is 0.814. The molecule has 0 unspecified atom stereocenters. The van der Waals surface area contributed by atoms with Gasteiger partial charge in [0, 0.05) is 25.8 Å². The predicted molar refractivity (Wildman–Crippen MR) is 101 cm³/mol. The fourth-order valence-corrected chi connectivity index (χ4v) is 2.92. The summed E-state index contributed by atoms with van der Waals surface area (Å²) in [5.74, 6) is -0.0290. The molecule has 1 aromatic heterocycles. The highest BCUT2D eigenvalue weighted by atomic mass is 16.5. The van der Waals surface area contributed by atoms with Crippen LogP contribution in [0.25, 0.3) is 0 Å². The van der Waals surface area contributed by atoms with Crippen molar-refractivity contribution in [3.05, 3.63) is 63.6 Å². The van der Waals surface area contributed by atoms with E-state index in [2.05, 4.69) is 10.3 Å². The highest BCUT2D eigenvalue weighted by Gasteiger charge is 2.22. The minimum absolute atomic E-state index is 0.0540. The maximum Gasteiger partial charge on any atom is 0.260 e. The van der Waals surface area contributed by atoms with E-state index in [4.69, 9.17) is 4.74 Å². The van der Waals surface area contributed by atoms with Crippen LogP contribution in [0.3, 0.4) is 0 Å². The summed E-state index contributed by atoms with van der Waals surface area (Å²) in [7, 11) is 3.19. The van der Waals surface area contributed by atoms with Crippen LogP contribution in [-0.4, -0.2) is 41.9 Å². The first-order valence-corrected chi connectivity index (χ1v) is 8.90. The maximum absolute atomic E-state index is 12.7. The number of aromatic amines is 1. The molecule has 0 saturated heterocycles. The second-order valence-corrected chi connectivity index (χ2v) is 6.75. The minimum atomic E-state index is -0.516. The Labute approximate surface area is 157 Å². The molecular weight excluding hydrogens is 346 g/mol. The summed E-state index contributed by atoms with van der Waals surface area (Å²) in [6.07, 6.45) is 4.37.